The first-order chi connectivity index (χ1) is 14.6. The zero-order valence-corrected chi connectivity index (χ0v) is 15.6. The van der Waals surface area contributed by atoms with Crippen LogP contribution in [0.1, 0.15) is 20.7 Å². The molecular weight excluding hydrogens is 458 g/mol. The Labute approximate surface area is 173 Å². The van der Waals surface area contributed by atoms with Gasteiger partial charge in [0, 0.05) is 5.56 Å². The fourth-order valence-electron chi connectivity index (χ4n) is 2.63. The van der Waals surface area contributed by atoms with Crippen molar-refractivity contribution >= 4 is 17.8 Å². The summed E-state index contributed by atoms with van der Waals surface area (Å²) in [5.74, 6) is -6.24. The summed E-state index contributed by atoms with van der Waals surface area (Å²) < 4.78 is 85.8. The van der Waals surface area contributed by atoms with Crippen LogP contribution in [0.25, 0.3) is 11.1 Å². The molecule has 0 saturated carbocycles. The summed E-state index contributed by atoms with van der Waals surface area (Å²) in [4.78, 5) is 37.0. The quantitative estimate of drug-likeness (QED) is 0.451. The van der Waals surface area contributed by atoms with Gasteiger partial charge in [0.2, 0.25) is 0 Å². The molecule has 2 rings (SSSR count). The molecule has 15 heteroatoms. The van der Waals surface area contributed by atoms with Gasteiger partial charge in [0.25, 0.3) is 11.7 Å². The highest BCUT2D eigenvalue weighted by Gasteiger charge is 2.59. The van der Waals surface area contributed by atoms with Gasteiger partial charge < -0.3 is 30.4 Å². The number of halogens is 6. The van der Waals surface area contributed by atoms with Gasteiger partial charge in [-0.15, -0.1) is 0 Å². The van der Waals surface area contributed by atoms with Gasteiger partial charge in [0.1, 0.15) is 16.9 Å². The third-order valence-corrected chi connectivity index (χ3v) is 3.95. The third kappa shape index (κ3) is 4.55. The van der Waals surface area contributed by atoms with Crippen LogP contribution in [0.5, 0.6) is 11.5 Å². The fraction of sp³-hybridized carbons (Fsp3) is 0.235. The number of carboxylic acid groups (broad SMARTS) is 2. The lowest BCUT2D eigenvalue weighted by Crippen LogP contribution is -2.45. The maximum atomic E-state index is 13.6. The van der Waals surface area contributed by atoms with Gasteiger partial charge >= 0.3 is 24.2 Å². The van der Waals surface area contributed by atoms with Crippen molar-refractivity contribution in [2.45, 2.75) is 18.5 Å². The number of methoxy groups -OCH3 is 1. The first-order valence-electron chi connectivity index (χ1n) is 8.10. The molecule has 1 unspecified atom stereocenters. The van der Waals surface area contributed by atoms with Crippen LogP contribution < -0.4 is 20.8 Å². The van der Waals surface area contributed by atoms with Crippen LogP contribution in [-0.4, -0.2) is 52.7 Å². The number of alkyl halides is 6. The molecule has 9 nitrogen and oxygen atoms in total. The first kappa shape index (κ1) is 24.4. The Bertz CT molecular complexity index is 1130. The number of nitrogens with one attached hydrogen (secondary N) is 1. The lowest BCUT2D eigenvalue weighted by atomic mass is 9.95. The molecule has 0 bridgehead atoms. The summed E-state index contributed by atoms with van der Waals surface area (Å²) in [6.45, 7) is 0. The summed E-state index contributed by atoms with van der Waals surface area (Å²) in [5, 5.41) is 18.7. The molecule has 1 heterocycles. The molecule has 1 aromatic heterocycles. The van der Waals surface area contributed by atoms with Crippen molar-refractivity contribution in [1.29, 1.82) is 0 Å². The normalized spacial score (nSPS) is 12.8. The highest BCUT2D eigenvalue weighted by atomic mass is 19.4. The fourth-order valence-corrected chi connectivity index (χ4v) is 2.63. The van der Waals surface area contributed by atoms with Crippen LogP contribution in [0, 0.1) is 0 Å². The number of rotatable bonds is 7. The predicted molar refractivity (Wildman–Crippen MR) is 93.9 cm³/mol. The minimum Gasteiger partial charge on any atom is -0.493 e. The van der Waals surface area contributed by atoms with E-state index in [0.29, 0.717) is 12.1 Å². The Morgan fingerprint density at radius 3 is 2.09 bits per heavy atom. The number of carboxylic acids is 2. The molecule has 32 heavy (non-hydrogen) atoms. The second-order valence-electron chi connectivity index (χ2n) is 6.04. The minimum atomic E-state index is -5.95. The smallest absolute Gasteiger partial charge is 0.439 e. The number of hydrogen-bond donors (Lipinski definition) is 4. The summed E-state index contributed by atoms with van der Waals surface area (Å²) in [5.41, 5.74) is 1.03. The van der Waals surface area contributed by atoms with Gasteiger partial charge in [-0.05, 0) is 17.7 Å². The highest BCUT2D eigenvalue weighted by molar-refractivity contribution is 6.07. The second-order valence-corrected chi connectivity index (χ2v) is 6.04. The number of ether oxygens (including phenoxy) is 2. The average Bonchev–Trinajstić information content (AvgIpc) is 2.65. The predicted octanol–water partition coefficient (Wildman–Crippen LogP) is 2.90. The van der Waals surface area contributed by atoms with E-state index in [-0.39, 0.29) is 0 Å². The lowest BCUT2D eigenvalue weighted by molar-refractivity contribution is -0.305. The van der Waals surface area contributed by atoms with Gasteiger partial charge in [-0.2, -0.15) is 22.0 Å². The molecule has 1 atom stereocenters. The van der Waals surface area contributed by atoms with Crippen LogP contribution in [0.3, 0.4) is 0 Å². The summed E-state index contributed by atoms with van der Waals surface area (Å²) in [6, 6.07) is 1.97. The van der Waals surface area contributed by atoms with Crippen LogP contribution in [0.4, 0.5) is 32.2 Å². The Morgan fingerprint density at radius 2 is 1.62 bits per heavy atom. The van der Waals surface area contributed by atoms with Gasteiger partial charge in [0.15, 0.2) is 11.5 Å². The highest BCUT2D eigenvalue weighted by Crippen LogP contribution is 2.41. The summed E-state index contributed by atoms with van der Waals surface area (Å²) in [7, 11) is 0.850. The molecule has 2 aromatic rings. The largest absolute Gasteiger partial charge is 0.493 e. The van der Waals surface area contributed by atoms with Crippen LogP contribution >= 0.6 is 0 Å². The molecule has 0 radical (unpaired) electrons. The van der Waals surface area contributed by atoms with Gasteiger partial charge in [0.05, 0.1) is 7.11 Å². The van der Waals surface area contributed by atoms with E-state index in [1.54, 1.807) is 0 Å². The number of nitrogen functional groups attached to an aromatic ring is 1. The molecule has 0 fully saturated rings. The van der Waals surface area contributed by atoms with E-state index in [1.807, 2.05) is 4.98 Å². The Balaban J connectivity index is 2.71. The molecular formula is C17H12F6N2O7. The molecule has 0 aliphatic carbocycles. The Hall–Kier alpha value is -3.91. The van der Waals surface area contributed by atoms with Gasteiger partial charge in [-0.3, -0.25) is 4.79 Å². The van der Waals surface area contributed by atoms with Crippen molar-refractivity contribution in [2.75, 3.05) is 12.8 Å². The topological polar surface area (TPSA) is 152 Å². The first-order valence-corrected chi connectivity index (χ1v) is 8.10. The van der Waals surface area contributed by atoms with Gasteiger partial charge in [-0.1, -0.05) is 6.07 Å². The number of aromatic carboxylic acids is 2. The van der Waals surface area contributed by atoms with E-state index < -0.39 is 75.5 Å². The number of H-pyrrole nitrogens is 1. The van der Waals surface area contributed by atoms with Crippen molar-refractivity contribution < 1.29 is 55.6 Å². The molecule has 0 saturated heterocycles. The van der Waals surface area contributed by atoms with Crippen molar-refractivity contribution in [1.82, 2.24) is 4.98 Å². The zero-order chi connectivity index (χ0) is 24.6. The van der Waals surface area contributed by atoms with Crippen LogP contribution in [0.15, 0.2) is 23.0 Å². The van der Waals surface area contributed by atoms with E-state index in [0.717, 1.165) is 13.2 Å². The lowest BCUT2D eigenvalue weighted by Gasteiger charge is -2.24. The molecule has 0 aliphatic rings. The number of aromatic amines is 1. The summed E-state index contributed by atoms with van der Waals surface area (Å²) in [6.07, 6.45) is -16.0. The third-order valence-electron chi connectivity index (χ3n) is 3.95. The number of nitrogens with two attached hydrogens (primary N) is 1. The number of aromatic nitrogens is 1. The van der Waals surface area contributed by atoms with Crippen molar-refractivity contribution in [3.05, 3.63) is 39.7 Å². The number of anilines is 1. The zero-order valence-electron chi connectivity index (χ0n) is 15.6. The molecule has 0 amide bonds. The van der Waals surface area contributed by atoms with Crippen molar-refractivity contribution in [2.24, 2.45) is 0 Å². The van der Waals surface area contributed by atoms with E-state index in [2.05, 4.69) is 4.74 Å². The number of pyridine rings is 1. The molecule has 0 spiro atoms. The second kappa shape index (κ2) is 8.32. The average molecular weight is 470 g/mol. The SMILES string of the molecule is COc1cc(-c2c(C(=O)O)c(N)[nH]c(=O)c2C(=O)O)ccc1OC(F)(F)C(F)C(F)(F)F. The molecule has 0 aliphatic heterocycles. The van der Waals surface area contributed by atoms with E-state index in [1.165, 1.54) is 0 Å². The Kier molecular flexibility index (Phi) is 6.33. The molecule has 5 N–H and O–H groups in total. The molecule has 174 valence electrons. The standard InChI is InChI=1S/C17H12F6N2O7/c1-31-7-4-5(2-3-6(7)32-17(22,23)15(18)16(19,20)21)8-9(13(27)28)11(24)25-12(26)10(8)14(29)30/h2-4,15H,1H3,(H,27,28)(H,29,30)(H3,24,25,26). The van der Waals surface area contributed by atoms with E-state index in [9.17, 15) is 50.9 Å². The van der Waals surface area contributed by atoms with Crippen molar-refractivity contribution in [3.8, 4) is 22.6 Å². The van der Waals surface area contributed by atoms with Gasteiger partial charge in [-0.25, -0.2) is 14.0 Å². The van der Waals surface area contributed by atoms with E-state index in [4.69, 9.17) is 10.5 Å². The number of benzene rings is 1. The summed E-state index contributed by atoms with van der Waals surface area (Å²) >= 11 is 0. The number of carbonyl (C=O) groups is 2. The van der Waals surface area contributed by atoms with Crippen LogP contribution in [0.2, 0.25) is 0 Å². The van der Waals surface area contributed by atoms with Crippen molar-refractivity contribution in [3.63, 3.8) is 0 Å². The maximum absolute atomic E-state index is 13.6. The van der Waals surface area contributed by atoms with Crippen LogP contribution in [-0.2, 0) is 0 Å². The Morgan fingerprint density at radius 1 is 1.06 bits per heavy atom. The minimum absolute atomic E-state index is 0.419. The maximum Gasteiger partial charge on any atom is 0.439 e. The van der Waals surface area contributed by atoms with E-state index >= 15 is 0 Å². The monoisotopic (exact) mass is 470 g/mol. The molecule has 1 aromatic carbocycles. The number of hydrogen-bond acceptors (Lipinski definition) is 6.